The number of nitrogens with two attached hydrogens (primary N) is 1. The molecule has 0 spiro atoms. The van der Waals surface area contributed by atoms with E-state index >= 15 is 0 Å². The number of aromatic nitrogens is 1. The third kappa shape index (κ3) is 2.63. The van der Waals surface area contributed by atoms with Crippen LogP contribution >= 0.6 is 0 Å². The molecule has 1 unspecified atom stereocenters. The lowest BCUT2D eigenvalue weighted by Gasteiger charge is -2.16. The van der Waals surface area contributed by atoms with E-state index in [1.165, 1.54) is 0 Å². The van der Waals surface area contributed by atoms with Crippen LogP contribution in [0, 0.1) is 5.92 Å². The second-order valence-electron chi connectivity index (χ2n) is 5.07. The summed E-state index contributed by atoms with van der Waals surface area (Å²) in [6, 6.07) is 13.3. The van der Waals surface area contributed by atoms with E-state index in [1.807, 2.05) is 42.5 Å². The minimum Gasteiger partial charge on any atom is -0.369 e. The molecule has 0 bridgehead atoms. The van der Waals surface area contributed by atoms with Crippen LogP contribution in [0.15, 0.2) is 48.7 Å². The van der Waals surface area contributed by atoms with Crippen LogP contribution in [-0.4, -0.2) is 23.3 Å². The van der Waals surface area contributed by atoms with Crippen molar-refractivity contribution in [2.75, 3.05) is 11.4 Å². The number of amides is 2. The highest BCUT2D eigenvalue weighted by Gasteiger charge is 2.33. The van der Waals surface area contributed by atoms with Gasteiger partial charge in [0.05, 0.1) is 11.6 Å². The summed E-state index contributed by atoms with van der Waals surface area (Å²) in [6.07, 6.45) is 1.93. The maximum atomic E-state index is 12.0. The molecule has 0 aliphatic carbocycles. The predicted molar refractivity (Wildman–Crippen MR) is 79.3 cm³/mol. The average molecular weight is 281 g/mol. The number of anilines is 1. The zero-order chi connectivity index (χ0) is 14.8. The monoisotopic (exact) mass is 281 g/mol. The maximum Gasteiger partial charge on any atom is 0.227 e. The van der Waals surface area contributed by atoms with Gasteiger partial charge >= 0.3 is 0 Å². The van der Waals surface area contributed by atoms with E-state index in [4.69, 9.17) is 5.73 Å². The first-order valence-electron chi connectivity index (χ1n) is 6.76. The summed E-state index contributed by atoms with van der Waals surface area (Å²) < 4.78 is 0. The molecular formula is C16H15N3O2. The zero-order valence-electron chi connectivity index (χ0n) is 11.4. The van der Waals surface area contributed by atoms with E-state index in [-0.39, 0.29) is 12.3 Å². The molecule has 1 aliphatic rings. The van der Waals surface area contributed by atoms with E-state index in [9.17, 15) is 9.59 Å². The van der Waals surface area contributed by atoms with E-state index in [2.05, 4.69) is 4.98 Å². The van der Waals surface area contributed by atoms with Crippen molar-refractivity contribution in [3.8, 4) is 11.3 Å². The van der Waals surface area contributed by atoms with Crippen LogP contribution in [-0.2, 0) is 9.59 Å². The largest absolute Gasteiger partial charge is 0.369 e. The number of hydrogen-bond acceptors (Lipinski definition) is 3. The molecule has 21 heavy (non-hydrogen) atoms. The second-order valence-corrected chi connectivity index (χ2v) is 5.07. The highest BCUT2D eigenvalue weighted by atomic mass is 16.2. The molecule has 5 heteroatoms. The van der Waals surface area contributed by atoms with Crippen molar-refractivity contribution >= 4 is 17.5 Å². The molecule has 3 rings (SSSR count). The van der Waals surface area contributed by atoms with Gasteiger partial charge in [-0.25, -0.2) is 0 Å². The van der Waals surface area contributed by atoms with Gasteiger partial charge in [0.15, 0.2) is 0 Å². The number of benzene rings is 1. The van der Waals surface area contributed by atoms with Crippen LogP contribution < -0.4 is 10.6 Å². The Hall–Kier alpha value is -2.69. The van der Waals surface area contributed by atoms with Gasteiger partial charge in [-0.1, -0.05) is 18.2 Å². The highest BCUT2D eigenvalue weighted by Crippen LogP contribution is 2.27. The first-order chi connectivity index (χ1) is 10.1. The number of hydrogen-bond donors (Lipinski definition) is 1. The van der Waals surface area contributed by atoms with Crippen LogP contribution in [0.4, 0.5) is 5.69 Å². The summed E-state index contributed by atoms with van der Waals surface area (Å²) in [5.41, 5.74) is 7.92. The summed E-state index contributed by atoms with van der Waals surface area (Å²) in [4.78, 5) is 29.0. The van der Waals surface area contributed by atoms with Gasteiger partial charge in [-0.2, -0.15) is 0 Å². The summed E-state index contributed by atoms with van der Waals surface area (Å²) >= 11 is 0. The van der Waals surface area contributed by atoms with Crippen molar-refractivity contribution in [1.29, 1.82) is 0 Å². The van der Waals surface area contributed by atoms with Gasteiger partial charge in [0.25, 0.3) is 0 Å². The van der Waals surface area contributed by atoms with Gasteiger partial charge in [-0.3, -0.25) is 14.6 Å². The number of carbonyl (C=O) groups excluding carboxylic acids is 2. The lowest BCUT2D eigenvalue weighted by Crippen LogP contribution is -2.28. The highest BCUT2D eigenvalue weighted by molar-refractivity contribution is 6.00. The molecule has 1 aromatic carbocycles. The first-order valence-corrected chi connectivity index (χ1v) is 6.76. The lowest BCUT2D eigenvalue weighted by molar-refractivity contribution is -0.123. The third-order valence-electron chi connectivity index (χ3n) is 3.67. The van der Waals surface area contributed by atoms with Crippen molar-refractivity contribution < 1.29 is 9.59 Å². The Morgan fingerprint density at radius 2 is 1.95 bits per heavy atom. The molecule has 1 aromatic heterocycles. The molecule has 1 atom stereocenters. The summed E-state index contributed by atoms with van der Waals surface area (Å²) in [7, 11) is 0. The average Bonchev–Trinajstić information content (AvgIpc) is 2.91. The lowest BCUT2D eigenvalue weighted by atomic mass is 10.1. The van der Waals surface area contributed by atoms with E-state index in [0.717, 1.165) is 16.9 Å². The Labute approximate surface area is 122 Å². The van der Waals surface area contributed by atoms with Crippen molar-refractivity contribution in [1.82, 2.24) is 4.98 Å². The minimum absolute atomic E-state index is 0.0654. The van der Waals surface area contributed by atoms with E-state index in [0.29, 0.717) is 6.54 Å². The number of primary amides is 1. The molecule has 2 N–H and O–H groups in total. The van der Waals surface area contributed by atoms with Crippen LogP contribution in [0.5, 0.6) is 0 Å². The van der Waals surface area contributed by atoms with E-state index < -0.39 is 11.8 Å². The molecular weight excluding hydrogens is 266 g/mol. The Bertz CT molecular complexity index is 668. The molecule has 1 aliphatic heterocycles. The summed E-state index contributed by atoms with van der Waals surface area (Å²) in [6.45, 7) is 0.358. The fourth-order valence-electron chi connectivity index (χ4n) is 2.49. The summed E-state index contributed by atoms with van der Waals surface area (Å²) in [5, 5.41) is 0. The second kappa shape index (κ2) is 5.36. The molecule has 1 saturated heterocycles. The molecule has 5 nitrogen and oxygen atoms in total. The van der Waals surface area contributed by atoms with Gasteiger partial charge in [-0.15, -0.1) is 0 Å². The molecule has 1 fully saturated rings. The van der Waals surface area contributed by atoms with Crippen molar-refractivity contribution in [3.05, 3.63) is 48.7 Å². The first kappa shape index (κ1) is 13.3. The number of rotatable bonds is 3. The Kier molecular flexibility index (Phi) is 3.39. The molecule has 0 radical (unpaired) electrons. The third-order valence-corrected chi connectivity index (χ3v) is 3.67. The number of carbonyl (C=O) groups is 2. The quantitative estimate of drug-likeness (QED) is 0.928. The minimum atomic E-state index is -0.420. The smallest absolute Gasteiger partial charge is 0.227 e. The predicted octanol–water partition coefficient (Wildman–Crippen LogP) is 1.59. The van der Waals surface area contributed by atoms with Crippen LogP contribution in [0.3, 0.4) is 0 Å². The van der Waals surface area contributed by atoms with Crippen LogP contribution in [0.1, 0.15) is 6.42 Å². The fourth-order valence-corrected chi connectivity index (χ4v) is 2.49. The number of pyridine rings is 1. The number of nitrogens with zero attached hydrogens (tertiary/aromatic N) is 2. The standard InChI is InChI=1S/C16H15N3O2/c17-16(21)12-9-15(20)19(10-12)13-6-4-11(5-7-13)14-3-1-2-8-18-14/h1-8,12H,9-10H2,(H2,17,21). The normalized spacial score (nSPS) is 18.0. The van der Waals surface area contributed by atoms with Gasteiger partial charge in [-0.05, 0) is 24.3 Å². The molecule has 2 heterocycles. The molecule has 2 aromatic rings. The van der Waals surface area contributed by atoms with E-state index in [1.54, 1.807) is 11.1 Å². The Balaban J connectivity index is 1.82. The van der Waals surface area contributed by atoms with Crippen molar-refractivity contribution in [3.63, 3.8) is 0 Å². The Morgan fingerprint density at radius 3 is 2.52 bits per heavy atom. The Morgan fingerprint density at radius 1 is 1.19 bits per heavy atom. The fraction of sp³-hybridized carbons (Fsp3) is 0.188. The molecule has 0 saturated carbocycles. The van der Waals surface area contributed by atoms with Gasteiger partial charge in [0, 0.05) is 30.4 Å². The SMILES string of the molecule is NC(=O)C1CC(=O)N(c2ccc(-c3ccccn3)cc2)C1. The topological polar surface area (TPSA) is 76.3 Å². The maximum absolute atomic E-state index is 12.0. The molecule has 2 amide bonds. The van der Waals surface area contributed by atoms with Gasteiger partial charge in [0.2, 0.25) is 11.8 Å². The van der Waals surface area contributed by atoms with Crippen LogP contribution in [0.2, 0.25) is 0 Å². The van der Waals surface area contributed by atoms with Gasteiger partial charge in [0.1, 0.15) is 0 Å². The van der Waals surface area contributed by atoms with Crippen molar-refractivity contribution in [2.45, 2.75) is 6.42 Å². The molecule has 106 valence electrons. The van der Waals surface area contributed by atoms with Gasteiger partial charge < -0.3 is 10.6 Å². The van der Waals surface area contributed by atoms with Crippen LogP contribution in [0.25, 0.3) is 11.3 Å². The summed E-state index contributed by atoms with van der Waals surface area (Å²) in [5.74, 6) is -0.881. The van der Waals surface area contributed by atoms with Crippen molar-refractivity contribution in [2.24, 2.45) is 11.7 Å². The zero-order valence-corrected chi connectivity index (χ0v) is 11.4.